The highest BCUT2D eigenvalue weighted by molar-refractivity contribution is 9.10. The van der Waals surface area contributed by atoms with Gasteiger partial charge in [-0.25, -0.2) is 0 Å². The zero-order chi connectivity index (χ0) is 12.8. The van der Waals surface area contributed by atoms with Gasteiger partial charge in [0, 0.05) is 17.6 Å². The normalized spacial score (nSPS) is 14.1. The lowest BCUT2D eigenvalue weighted by Gasteiger charge is -2.21. The van der Waals surface area contributed by atoms with Gasteiger partial charge < -0.3 is 5.32 Å². The summed E-state index contributed by atoms with van der Waals surface area (Å²) in [6, 6.07) is 8.20. The Kier molecular flexibility index (Phi) is 5.65. The Morgan fingerprint density at radius 2 is 1.94 bits per heavy atom. The van der Waals surface area contributed by atoms with Gasteiger partial charge in [-0.05, 0) is 31.0 Å². The second kappa shape index (κ2) is 6.77. The van der Waals surface area contributed by atoms with E-state index in [1.165, 1.54) is 5.56 Å². The van der Waals surface area contributed by atoms with E-state index >= 15 is 0 Å². The second-order valence-electron chi connectivity index (χ2n) is 4.01. The Bertz CT molecular complexity index is 364. The van der Waals surface area contributed by atoms with Gasteiger partial charge in [-0.3, -0.25) is 10.1 Å². The van der Waals surface area contributed by atoms with Gasteiger partial charge in [0.15, 0.2) is 0 Å². The van der Waals surface area contributed by atoms with Gasteiger partial charge in [0.1, 0.15) is 0 Å². The summed E-state index contributed by atoms with van der Waals surface area (Å²) < 4.78 is 1.07. The van der Waals surface area contributed by atoms with E-state index in [1.54, 1.807) is 7.05 Å². The topological polar surface area (TPSA) is 41.1 Å². The minimum absolute atomic E-state index is 0.0144. The molecule has 0 spiro atoms. The third kappa shape index (κ3) is 4.13. The smallest absolute Gasteiger partial charge is 0.236 e. The highest BCUT2D eigenvalue weighted by Crippen LogP contribution is 2.19. The van der Waals surface area contributed by atoms with Crippen molar-refractivity contribution in [2.45, 2.75) is 32.4 Å². The van der Waals surface area contributed by atoms with Crippen LogP contribution >= 0.6 is 15.9 Å². The van der Waals surface area contributed by atoms with E-state index in [4.69, 9.17) is 0 Å². The number of benzene rings is 1. The van der Waals surface area contributed by atoms with E-state index in [-0.39, 0.29) is 18.0 Å². The molecule has 0 aromatic heterocycles. The van der Waals surface area contributed by atoms with Crippen LogP contribution in [0.3, 0.4) is 0 Å². The van der Waals surface area contributed by atoms with Gasteiger partial charge in [-0.15, -0.1) is 0 Å². The van der Waals surface area contributed by atoms with Crippen LogP contribution in [0.25, 0.3) is 0 Å². The molecule has 3 nitrogen and oxygen atoms in total. The van der Waals surface area contributed by atoms with Crippen LogP contribution in [0.15, 0.2) is 28.7 Å². The summed E-state index contributed by atoms with van der Waals surface area (Å²) in [6.07, 6.45) is 0.947. The first kappa shape index (κ1) is 14.2. The van der Waals surface area contributed by atoms with Crippen molar-refractivity contribution in [2.24, 2.45) is 0 Å². The molecule has 0 heterocycles. The number of carbonyl (C=O) groups is 1. The Hall–Kier alpha value is -0.870. The molecule has 0 saturated heterocycles. The first-order chi connectivity index (χ1) is 8.08. The molecule has 2 atom stereocenters. The van der Waals surface area contributed by atoms with Crippen molar-refractivity contribution in [1.29, 1.82) is 0 Å². The summed E-state index contributed by atoms with van der Waals surface area (Å²) in [5, 5.41) is 5.97. The Morgan fingerprint density at radius 1 is 1.35 bits per heavy atom. The zero-order valence-corrected chi connectivity index (χ0v) is 12.0. The SMILES string of the molecule is CC[C@@H](N[C@H](C)C(=O)NC)c1ccc(Br)cc1. The average molecular weight is 299 g/mol. The molecule has 0 unspecified atom stereocenters. The van der Waals surface area contributed by atoms with Crippen molar-refractivity contribution in [3.8, 4) is 0 Å². The molecule has 0 aliphatic heterocycles. The number of likely N-dealkylation sites (N-methyl/N-ethyl adjacent to an activating group) is 1. The van der Waals surface area contributed by atoms with Crippen LogP contribution in [-0.4, -0.2) is 19.0 Å². The number of nitrogens with one attached hydrogen (secondary N) is 2. The maximum absolute atomic E-state index is 11.5. The lowest BCUT2D eigenvalue weighted by atomic mass is 10.0. The van der Waals surface area contributed by atoms with Crippen LogP contribution < -0.4 is 10.6 Å². The molecule has 1 aromatic rings. The molecule has 2 N–H and O–H groups in total. The fraction of sp³-hybridized carbons (Fsp3) is 0.462. The third-order valence-corrected chi connectivity index (χ3v) is 3.30. The lowest BCUT2D eigenvalue weighted by Crippen LogP contribution is -2.42. The summed E-state index contributed by atoms with van der Waals surface area (Å²) in [7, 11) is 1.65. The van der Waals surface area contributed by atoms with E-state index in [2.05, 4.69) is 45.6 Å². The Morgan fingerprint density at radius 3 is 2.41 bits per heavy atom. The van der Waals surface area contributed by atoms with Crippen molar-refractivity contribution < 1.29 is 4.79 Å². The minimum Gasteiger partial charge on any atom is -0.358 e. The van der Waals surface area contributed by atoms with Crippen LogP contribution in [0.2, 0.25) is 0 Å². The molecule has 0 radical (unpaired) electrons. The fourth-order valence-electron chi connectivity index (χ4n) is 1.74. The zero-order valence-electron chi connectivity index (χ0n) is 10.5. The maximum Gasteiger partial charge on any atom is 0.236 e. The summed E-state index contributed by atoms with van der Waals surface area (Å²) in [6.45, 7) is 3.98. The van der Waals surface area contributed by atoms with Crippen molar-refractivity contribution in [3.05, 3.63) is 34.3 Å². The van der Waals surface area contributed by atoms with Gasteiger partial charge in [0.2, 0.25) is 5.91 Å². The standard InChI is InChI=1S/C13H19BrN2O/c1-4-12(16-9(2)13(17)15-3)10-5-7-11(14)8-6-10/h5-9,12,16H,4H2,1-3H3,(H,15,17)/t9-,12-/m1/s1. The minimum atomic E-state index is -0.186. The number of rotatable bonds is 5. The quantitative estimate of drug-likeness (QED) is 0.877. The van der Waals surface area contributed by atoms with E-state index in [0.29, 0.717) is 0 Å². The largest absolute Gasteiger partial charge is 0.358 e. The van der Waals surface area contributed by atoms with Gasteiger partial charge in [0.05, 0.1) is 6.04 Å². The van der Waals surface area contributed by atoms with Gasteiger partial charge in [-0.1, -0.05) is 35.0 Å². The predicted molar refractivity (Wildman–Crippen MR) is 73.8 cm³/mol. The molecular formula is C13H19BrN2O. The summed E-state index contributed by atoms with van der Waals surface area (Å²) >= 11 is 3.42. The molecule has 0 aliphatic carbocycles. The predicted octanol–water partition coefficient (Wildman–Crippen LogP) is 2.62. The molecular weight excluding hydrogens is 280 g/mol. The van der Waals surface area contributed by atoms with Crippen molar-refractivity contribution in [2.75, 3.05) is 7.05 Å². The highest BCUT2D eigenvalue weighted by Gasteiger charge is 2.16. The van der Waals surface area contributed by atoms with Crippen LogP contribution in [0.1, 0.15) is 31.9 Å². The third-order valence-electron chi connectivity index (χ3n) is 2.77. The van der Waals surface area contributed by atoms with Crippen LogP contribution in [-0.2, 0) is 4.79 Å². The second-order valence-corrected chi connectivity index (χ2v) is 4.93. The monoisotopic (exact) mass is 298 g/mol. The molecule has 1 amide bonds. The van der Waals surface area contributed by atoms with Crippen LogP contribution in [0.4, 0.5) is 0 Å². The van der Waals surface area contributed by atoms with Crippen molar-refractivity contribution in [1.82, 2.24) is 10.6 Å². The van der Waals surface area contributed by atoms with E-state index in [1.807, 2.05) is 19.1 Å². The number of hydrogen-bond acceptors (Lipinski definition) is 2. The van der Waals surface area contributed by atoms with Crippen LogP contribution in [0, 0.1) is 0 Å². The first-order valence-electron chi connectivity index (χ1n) is 5.81. The molecule has 0 saturated carbocycles. The van der Waals surface area contributed by atoms with E-state index < -0.39 is 0 Å². The molecule has 0 aliphatic rings. The first-order valence-corrected chi connectivity index (χ1v) is 6.60. The Labute approximate surface area is 111 Å². The summed E-state index contributed by atoms with van der Waals surface area (Å²) in [5.74, 6) is 0.0144. The fourth-order valence-corrected chi connectivity index (χ4v) is 2.00. The number of halogens is 1. The molecule has 0 fully saturated rings. The molecule has 4 heteroatoms. The number of hydrogen-bond donors (Lipinski definition) is 2. The van der Waals surface area contributed by atoms with Crippen molar-refractivity contribution >= 4 is 21.8 Å². The van der Waals surface area contributed by atoms with Gasteiger partial charge >= 0.3 is 0 Å². The maximum atomic E-state index is 11.5. The molecule has 0 bridgehead atoms. The Balaban J connectivity index is 2.71. The molecule has 1 aromatic carbocycles. The molecule has 1 rings (SSSR count). The van der Waals surface area contributed by atoms with Crippen molar-refractivity contribution in [3.63, 3.8) is 0 Å². The van der Waals surface area contributed by atoms with E-state index in [0.717, 1.165) is 10.9 Å². The molecule has 17 heavy (non-hydrogen) atoms. The van der Waals surface area contributed by atoms with Gasteiger partial charge in [-0.2, -0.15) is 0 Å². The average Bonchev–Trinajstić information content (AvgIpc) is 2.35. The van der Waals surface area contributed by atoms with Crippen LogP contribution in [0.5, 0.6) is 0 Å². The summed E-state index contributed by atoms with van der Waals surface area (Å²) in [5.41, 5.74) is 1.20. The van der Waals surface area contributed by atoms with Gasteiger partial charge in [0.25, 0.3) is 0 Å². The van der Waals surface area contributed by atoms with E-state index in [9.17, 15) is 4.79 Å². The summed E-state index contributed by atoms with van der Waals surface area (Å²) in [4.78, 5) is 11.5. The number of amides is 1. The lowest BCUT2D eigenvalue weighted by molar-refractivity contribution is -0.122. The highest BCUT2D eigenvalue weighted by atomic mass is 79.9. The molecule has 94 valence electrons. The number of carbonyl (C=O) groups excluding carboxylic acids is 1.